The van der Waals surface area contributed by atoms with Crippen molar-refractivity contribution in [3.05, 3.63) is 65.3 Å². The van der Waals surface area contributed by atoms with Gasteiger partial charge in [0.1, 0.15) is 11.5 Å². The molecule has 0 spiro atoms. The molecule has 0 atom stereocenters. The predicted octanol–water partition coefficient (Wildman–Crippen LogP) is 2.39. The molecular weight excluding hydrogens is 354 g/mol. The maximum Gasteiger partial charge on any atom is 0.265 e. The summed E-state index contributed by atoms with van der Waals surface area (Å²) < 4.78 is 2.67. The summed E-state index contributed by atoms with van der Waals surface area (Å²) in [6.07, 6.45) is 5.22. The minimum absolute atomic E-state index is 0. The van der Waals surface area contributed by atoms with E-state index in [-0.39, 0.29) is 12.4 Å². The number of hydrogen-bond donors (Lipinski definition) is 3. The summed E-state index contributed by atoms with van der Waals surface area (Å²) in [6.45, 7) is 3.88. The molecule has 8 heteroatoms. The van der Waals surface area contributed by atoms with Gasteiger partial charge in [-0.3, -0.25) is 4.40 Å². The summed E-state index contributed by atoms with van der Waals surface area (Å²) in [7, 11) is 0. The zero-order valence-corrected chi connectivity index (χ0v) is 15.2. The molecule has 2 aromatic heterocycles. The van der Waals surface area contributed by atoms with Crippen molar-refractivity contribution in [2.24, 2.45) is 0 Å². The highest BCUT2D eigenvalue weighted by Gasteiger charge is 2.27. The van der Waals surface area contributed by atoms with Gasteiger partial charge in [0.25, 0.3) is 5.69 Å². The molecule has 1 aliphatic heterocycles. The molecular formula is C18H20ClN5O2. The number of aromatic nitrogens is 3. The van der Waals surface area contributed by atoms with Crippen LogP contribution in [0.25, 0.3) is 11.2 Å². The zero-order valence-electron chi connectivity index (χ0n) is 14.4. The van der Waals surface area contributed by atoms with E-state index in [9.17, 15) is 10.3 Å². The first kappa shape index (κ1) is 18.0. The van der Waals surface area contributed by atoms with Gasteiger partial charge in [-0.15, -0.1) is 12.4 Å². The highest BCUT2D eigenvalue weighted by molar-refractivity contribution is 5.85. The summed E-state index contributed by atoms with van der Waals surface area (Å²) in [5.74, 6) is 1.18. The molecule has 0 radical (unpaired) electrons. The van der Waals surface area contributed by atoms with Crippen molar-refractivity contribution in [2.45, 2.75) is 19.6 Å². The van der Waals surface area contributed by atoms with Crippen molar-refractivity contribution in [1.82, 2.24) is 9.38 Å². The summed E-state index contributed by atoms with van der Waals surface area (Å²) in [4.78, 5) is 4.38. The quantitative estimate of drug-likeness (QED) is 0.372. The van der Waals surface area contributed by atoms with Crippen molar-refractivity contribution in [2.75, 3.05) is 17.2 Å². The molecule has 1 aromatic carbocycles. The summed E-state index contributed by atoms with van der Waals surface area (Å²) in [6, 6.07) is 9.83. The fraction of sp³-hybridized carbons (Fsp3) is 0.222. The van der Waals surface area contributed by atoms with Crippen LogP contribution in [-0.2, 0) is 0 Å². The maximum absolute atomic E-state index is 12.7. The van der Waals surface area contributed by atoms with E-state index in [4.69, 9.17) is 0 Å². The number of benzene rings is 1. The van der Waals surface area contributed by atoms with Gasteiger partial charge in [0.2, 0.25) is 11.8 Å². The maximum atomic E-state index is 12.7. The molecule has 3 N–H and O–H groups in total. The first-order valence-corrected chi connectivity index (χ1v) is 8.08. The van der Waals surface area contributed by atoms with Crippen LogP contribution in [0.3, 0.4) is 0 Å². The standard InChI is InChI=1S/C18H19N5O2.ClH/c1-18(2,24)21-14-10-22-15(20-14)11-23(25)16-13(8-9-19-17(16)22)12-6-4-3-5-7-12;/h3-8,10-11,19,21,24H,9H2,1-2H3;1H. The second kappa shape index (κ2) is 6.51. The van der Waals surface area contributed by atoms with E-state index in [1.165, 1.54) is 6.20 Å². The van der Waals surface area contributed by atoms with E-state index in [1.807, 2.05) is 40.8 Å². The second-order valence-electron chi connectivity index (χ2n) is 6.56. The molecule has 0 unspecified atom stereocenters. The molecule has 7 nitrogen and oxygen atoms in total. The van der Waals surface area contributed by atoms with Crippen LogP contribution in [0.1, 0.15) is 25.1 Å². The number of hydrogen-bond acceptors (Lipinski definition) is 5. The number of fused-ring (bicyclic) bond motifs is 3. The van der Waals surface area contributed by atoms with Crippen molar-refractivity contribution in [3.63, 3.8) is 0 Å². The van der Waals surface area contributed by atoms with E-state index in [1.54, 1.807) is 20.0 Å². The highest BCUT2D eigenvalue weighted by Crippen LogP contribution is 2.31. The number of rotatable bonds is 3. The molecule has 0 amide bonds. The fourth-order valence-electron chi connectivity index (χ4n) is 3.06. The Morgan fingerprint density at radius 3 is 2.73 bits per heavy atom. The number of nitrogens with one attached hydrogen (secondary N) is 2. The molecule has 0 bridgehead atoms. The Hall–Kier alpha value is -2.77. The molecule has 136 valence electrons. The largest absolute Gasteiger partial charge is 0.618 e. The van der Waals surface area contributed by atoms with Gasteiger partial charge < -0.3 is 20.9 Å². The third-order valence-electron chi connectivity index (χ3n) is 4.00. The Labute approximate surface area is 157 Å². The minimum Gasteiger partial charge on any atom is -0.618 e. The average molecular weight is 374 g/mol. The van der Waals surface area contributed by atoms with Crippen LogP contribution in [0, 0.1) is 5.21 Å². The van der Waals surface area contributed by atoms with Gasteiger partial charge in [-0.2, -0.15) is 4.73 Å². The third kappa shape index (κ3) is 3.18. The number of imidazole rings is 1. The van der Waals surface area contributed by atoms with Gasteiger partial charge in [0.05, 0.1) is 11.8 Å². The normalized spacial score (nSPS) is 13.4. The topological polar surface area (TPSA) is 88.5 Å². The van der Waals surface area contributed by atoms with Crippen LogP contribution in [0.5, 0.6) is 0 Å². The van der Waals surface area contributed by atoms with Gasteiger partial charge >= 0.3 is 0 Å². The SMILES string of the molecule is CC(C)(O)Nc1cn2c3c([n+]([O-])cc2n1)C(c1ccccc1)=CCN3.Cl. The molecule has 0 aliphatic carbocycles. The predicted molar refractivity (Wildman–Crippen MR) is 103 cm³/mol. The van der Waals surface area contributed by atoms with Gasteiger partial charge in [-0.05, 0) is 19.4 Å². The third-order valence-corrected chi connectivity index (χ3v) is 4.00. The number of aliphatic hydroxyl groups is 1. The molecule has 3 heterocycles. The summed E-state index contributed by atoms with van der Waals surface area (Å²) >= 11 is 0. The van der Waals surface area contributed by atoms with Crippen molar-refractivity contribution < 1.29 is 9.84 Å². The first-order chi connectivity index (χ1) is 11.9. The van der Waals surface area contributed by atoms with Crippen LogP contribution >= 0.6 is 12.4 Å². The first-order valence-electron chi connectivity index (χ1n) is 8.08. The monoisotopic (exact) mass is 373 g/mol. The Morgan fingerprint density at radius 2 is 2.04 bits per heavy atom. The van der Waals surface area contributed by atoms with E-state index < -0.39 is 5.72 Å². The molecule has 26 heavy (non-hydrogen) atoms. The molecule has 0 saturated heterocycles. The number of halogens is 1. The minimum atomic E-state index is -1.10. The van der Waals surface area contributed by atoms with Gasteiger partial charge in [-0.25, -0.2) is 4.98 Å². The van der Waals surface area contributed by atoms with Gasteiger partial charge in [0.15, 0.2) is 5.82 Å². The van der Waals surface area contributed by atoms with Crippen LogP contribution in [-0.4, -0.2) is 26.8 Å². The molecule has 4 rings (SSSR count). The lowest BCUT2D eigenvalue weighted by atomic mass is 10.00. The lowest BCUT2D eigenvalue weighted by Crippen LogP contribution is -2.35. The van der Waals surface area contributed by atoms with Crippen molar-refractivity contribution in [3.8, 4) is 0 Å². The number of anilines is 2. The van der Waals surface area contributed by atoms with Crippen molar-refractivity contribution >= 4 is 35.3 Å². The van der Waals surface area contributed by atoms with Crippen LogP contribution < -0.4 is 15.4 Å². The summed E-state index contributed by atoms with van der Waals surface area (Å²) in [5, 5.41) is 28.8. The van der Waals surface area contributed by atoms with E-state index in [0.717, 1.165) is 15.9 Å². The zero-order chi connectivity index (χ0) is 17.6. The fourth-order valence-corrected chi connectivity index (χ4v) is 3.06. The lowest BCUT2D eigenvalue weighted by Gasteiger charge is -2.19. The van der Waals surface area contributed by atoms with Crippen LogP contribution in [0.15, 0.2) is 48.8 Å². The van der Waals surface area contributed by atoms with Crippen molar-refractivity contribution in [1.29, 1.82) is 0 Å². The highest BCUT2D eigenvalue weighted by atomic mass is 35.5. The van der Waals surface area contributed by atoms with Crippen LogP contribution in [0.4, 0.5) is 11.6 Å². The van der Waals surface area contributed by atoms with Crippen LogP contribution in [0.2, 0.25) is 0 Å². The molecule has 3 aromatic rings. The smallest absolute Gasteiger partial charge is 0.265 e. The van der Waals surface area contributed by atoms with Gasteiger partial charge in [0, 0.05) is 6.54 Å². The van der Waals surface area contributed by atoms with E-state index in [2.05, 4.69) is 15.6 Å². The van der Waals surface area contributed by atoms with E-state index in [0.29, 0.717) is 29.5 Å². The molecule has 0 fully saturated rings. The van der Waals surface area contributed by atoms with Gasteiger partial charge in [-0.1, -0.05) is 36.4 Å². The molecule has 1 aliphatic rings. The lowest BCUT2D eigenvalue weighted by molar-refractivity contribution is -0.606. The Kier molecular flexibility index (Phi) is 4.52. The Balaban J connectivity index is 0.00000196. The second-order valence-corrected chi connectivity index (χ2v) is 6.56. The number of nitrogens with zero attached hydrogens (tertiary/aromatic N) is 3. The Morgan fingerprint density at radius 1 is 1.31 bits per heavy atom. The average Bonchev–Trinajstić information content (AvgIpc) is 2.95. The summed E-state index contributed by atoms with van der Waals surface area (Å²) in [5.41, 5.74) is 1.83. The Bertz CT molecular complexity index is 977. The molecule has 0 saturated carbocycles. The van der Waals surface area contributed by atoms with E-state index >= 15 is 0 Å².